The third kappa shape index (κ3) is 3.77. The average Bonchev–Trinajstić information content (AvgIpc) is 2.43. The summed E-state index contributed by atoms with van der Waals surface area (Å²) in [6.45, 7) is 6.53. The molecule has 1 aromatic carbocycles. The maximum atomic E-state index is 12.8. The Bertz CT molecular complexity index is 473. The molecule has 1 fully saturated rings. The fraction of sp³-hybridized carbons (Fsp3) is 0.625. The molecule has 0 aliphatic carbocycles. The largest absolute Gasteiger partial charge is 0.416 e. The molecule has 2 rings (SSSR count). The van der Waals surface area contributed by atoms with Crippen LogP contribution in [-0.2, 0) is 6.18 Å². The van der Waals surface area contributed by atoms with Crippen LogP contribution in [0.1, 0.15) is 37.4 Å². The number of piperidine rings is 1. The molecule has 118 valence electrons. The Hall–Kier alpha value is -1.07. The number of rotatable bonds is 3. The van der Waals surface area contributed by atoms with Gasteiger partial charge in [-0.05, 0) is 42.5 Å². The van der Waals surface area contributed by atoms with Crippen molar-refractivity contribution in [1.82, 2.24) is 4.90 Å². The number of hydrogen-bond donors (Lipinski definition) is 1. The van der Waals surface area contributed by atoms with E-state index in [1.165, 1.54) is 12.1 Å². The maximum absolute atomic E-state index is 12.8. The average molecular weight is 300 g/mol. The predicted molar refractivity (Wildman–Crippen MR) is 77.8 cm³/mol. The van der Waals surface area contributed by atoms with Gasteiger partial charge >= 0.3 is 6.18 Å². The summed E-state index contributed by atoms with van der Waals surface area (Å²) < 4.78 is 38.5. The second-order valence-corrected chi connectivity index (χ2v) is 6.11. The van der Waals surface area contributed by atoms with E-state index < -0.39 is 11.7 Å². The first kappa shape index (κ1) is 16.3. The van der Waals surface area contributed by atoms with Crippen molar-refractivity contribution in [3.8, 4) is 0 Å². The molecule has 2 N–H and O–H groups in total. The zero-order valence-electron chi connectivity index (χ0n) is 12.5. The SMILES string of the molecule is CC1CCN(C(CN)c2cccc(C(F)(F)F)c2)CC1C. The van der Waals surface area contributed by atoms with Crippen molar-refractivity contribution >= 4 is 0 Å². The van der Waals surface area contributed by atoms with E-state index in [2.05, 4.69) is 18.7 Å². The quantitative estimate of drug-likeness (QED) is 0.922. The highest BCUT2D eigenvalue weighted by Gasteiger charge is 2.32. The number of halogens is 3. The summed E-state index contributed by atoms with van der Waals surface area (Å²) in [5.74, 6) is 1.19. The molecule has 1 aromatic rings. The minimum atomic E-state index is -4.31. The van der Waals surface area contributed by atoms with Crippen LogP contribution in [0.2, 0.25) is 0 Å². The lowest BCUT2D eigenvalue weighted by Gasteiger charge is -2.40. The molecule has 1 saturated heterocycles. The lowest BCUT2D eigenvalue weighted by atomic mass is 9.87. The molecule has 0 radical (unpaired) electrons. The van der Waals surface area contributed by atoms with E-state index in [0.29, 0.717) is 23.9 Å². The number of nitrogens with zero attached hydrogens (tertiary/aromatic N) is 1. The van der Waals surface area contributed by atoms with Crippen molar-refractivity contribution in [3.63, 3.8) is 0 Å². The van der Waals surface area contributed by atoms with Crippen LogP contribution in [0, 0.1) is 11.8 Å². The summed E-state index contributed by atoms with van der Waals surface area (Å²) in [6.07, 6.45) is -3.24. The van der Waals surface area contributed by atoms with Crippen molar-refractivity contribution in [2.24, 2.45) is 17.6 Å². The van der Waals surface area contributed by atoms with Gasteiger partial charge in [0.1, 0.15) is 0 Å². The number of alkyl halides is 3. The Morgan fingerprint density at radius 3 is 2.57 bits per heavy atom. The Morgan fingerprint density at radius 2 is 2.00 bits per heavy atom. The van der Waals surface area contributed by atoms with Gasteiger partial charge in [0.25, 0.3) is 0 Å². The van der Waals surface area contributed by atoms with E-state index in [4.69, 9.17) is 5.73 Å². The highest BCUT2D eigenvalue weighted by atomic mass is 19.4. The zero-order chi connectivity index (χ0) is 15.6. The van der Waals surface area contributed by atoms with E-state index in [0.717, 1.165) is 25.6 Å². The molecular formula is C16H23F3N2. The number of hydrogen-bond acceptors (Lipinski definition) is 2. The molecule has 3 unspecified atom stereocenters. The molecule has 0 amide bonds. The van der Waals surface area contributed by atoms with Gasteiger partial charge in [0.15, 0.2) is 0 Å². The summed E-state index contributed by atoms with van der Waals surface area (Å²) in [5, 5.41) is 0. The van der Waals surface area contributed by atoms with Gasteiger partial charge in [-0.1, -0.05) is 26.0 Å². The summed E-state index contributed by atoms with van der Waals surface area (Å²) in [4.78, 5) is 2.22. The second kappa shape index (κ2) is 6.36. The van der Waals surface area contributed by atoms with Crippen LogP contribution in [0.4, 0.5) is 13.2 Å². The molecule has 1 aliphatic rings. The molecule has 1 aliphatic heterocycles. The van der Waals surface area contributed by atoms with Crippen molar-refractivity contribution < 1.29 is 13.2 Å². The Balaban J connectivity index is 2.22. The van der Waals surface area contributed by atoms with Gasteiger partial charge in [0.05, 0.1) is 5.56 Å². The van der Waals surface area contributed by atoms with Gasteiger partial charge in [-0.3, -0.25) is 4.90 Å². The van der Waals surface area contributed by atoms with E-state index in [-0.39, 0.29) is 6.04 Å². The fourth-order valence-corrected chi connectivity index (χ4v) is 3.00. The van der Waals surface area contributed by atoms with Gasteiger partial charge < -0.3 is 5.73 Å². The molecule has 0 bridgehead atoms. The summed E-state index contributed by atoms with van der Waals surface area (Å²) in [7, 11) is 0. The molecule has 3 atom stereocenters. The van der Waals surface area contributed by atoms with Gasteiger partial charge in [-0.2, -0.15) is 13.2 Å². The van der Waals surface area contributed by atoms with Crippen molar-refractivity contribution in [2.75, 3.05) is 19.6 Å². The fourth-order valence-electron chi connectivity index (χ4n) is 3.00. The van der Waals surface area contributed by atoms with Crippen LogP contribution >= 0.6 is 0 Å². The standard InChI is InChI=1S/C16H23F3N2/c1-11-6-7-21(10-12(11)2)15(9-20)13-4-3-5-14(8-13)16(17,18)19/h3-5,8,11-12,15H,6-7,9-10,20H2,1-2H3. The third-order valence-corrected chi connectivity index (χ3v) is 4.63. The van der Waals surface area contributed by atoms with E-state index in [1.54, 1.807) is 6.07 Å². The normalized spacial score (nSPS) is 25.8. The molecule has 1 heterocycles. The predicted octanol–water partition coefficient (Wildman–Crippen LogP) is 3.68. The lowest BCUT2D eigenvalue weighted by Crippen LogP contribution is -2.43. The number of likely N-dealkylation sites (tertiary alicyclic amines) is 1. The van der Waals surface area contributed by atoms with E-state index in [9.17, 15) is 13.2 Å². The minimum Gasteiger partial charge on any atom is -0.329 e. The smallest absolute Gasteiger partial charge is 0.329 e. The third-order valence-electron chi connectivity index (χ3n) is 4.63. The van der Waals surface area contributed by atoms with Crippen molar-refractivity contribution in [1.29, 1.82) is 0 Å². The molecule has 2 nitrogen and oxygen atoms in total. The molecular weight excluding hydrogens is 277 g/mol. The molecule has 21 heavy (non-hydrogen) atoms. The lowest BCUT2D eigenvalue weighted by molar-refractivity contribution is -0.137. The monoisotopic (exact) mass is 300 g/mol. The highest BCUT2D eigenvalue weighted by molar-refractivity contribution is 5.28. The maximum Gasteiger partial charge on any atom is 0.416 e. The first-order valence-corrected chi connectivity index (χ1v) is 7.44. The van der Waals surface area contributed by atoms with Crippen LogP contribution in [0.25, 0.3) is 0 Å². The van der Waals surface area contributed by atoms with Crippen LogP contribution in [0.3, 0.4) is 0 Å². The van der Waals surface area contributed by atoms with Gasteiger partial charge in [0, 0.05) is 19.1 Å². The molecule has 0 saturated carbocycles. The summed E-state index contributed by atoms with van der Waals surface area (Å²) in [5.41, 5.74) is 5.91. The van der Waals surface area contributed by atoms with Gasteiger partial charge in [-0.15, -0.1) is 0 Å². The number of nitrogens with two attached hydrogens (primary N) is 1. The molecule has 5 heteroatoms. The van der Waals surface area contributed by atoms with Crippen LogP contribution < -0.4 is 5.73 Å². The number of benzene rings is 1. The van der Waals surface area contributed by atoms with Crippen LogP contribution in [0.15, 0.2) is 24.3 Å². The Labute approximate surface area is 124 Å². The van der Waals surface area contributed by atoms with Crippen LogP contribution in [-0.4, -0.2) is 24.5 Å². The highest BCUT2D eigenvalue weighted by Crippen LogP contribution is 2.33. The minimum absolute atomic E-state index is 0.137. The summed E-state index contributed by atoms with van der Waals surface area (Å²) in [6, 6.07) is 5.42. The van der Waals surface area contributed by atoms with Gasteiger partial charge in [0.2, 0.25) is 0 Å². The van der Waals surface area contributed by atoms with Crippen molar-refractivity contribution in [2.45, 2.75) is 32.5 Å². The molecule has 0 aromatic heterocycles. The first-order chi connectivity index (χ1) is 9.82. The topological polar surface area (TPSA) is 29.3 Å². The van der Waals surface area contributed by atoms with E-state index >= 15 is 0 Å². The molecule has 0 spiro atoms. The summed E-state index contributed by atoms with van der Waals surface area (Å²) >= 11 is 0. The van der Waals surface area contributed by atoms with Crippen LogP contribution in [0.5, 0.6) is 0 Å². The zero-order valence-corrected chi connectivity index (χ0v) is 12.5. The van der Waals surface area contributed by atoms with E-state index in [1.807, 2.05) is 0 Å². The Kier molecular flexibility index (Phi) is 4.94. The second-order valence-electron chi connectivity index (χ2n) is 6.11. The Morgan fingerprint density at radius 1 is 1.29 bits per heavy atom. The van der Waals surface area contributed by atoms with Crippen molar-refractivity contribution in [3.05, 3.63) is 35.4 Å². The first-order valence-electron chi connectivity index (χ1n) is 7.44. The van der Waals surface area contributed by atoms with Gasteiger partial charge in [-0.25, -0.2) is 0 Å².